The summed E-state index contributed by atoms with van der Waals surface area (Å²) in [6.07, 6.45) is 0.427. The number of ether oxygens (including phenoxy) is 1. The molecule has 4 heteroatoms. The summed E-state index contributed by atoms with van der Waals surface area (Å²) in [6, 6.07) is 22.5. The van der Waals surface area contributed by atoms with Crippen LogP contribution in [0.15, 0.2) is 72.8 Å². The molecule has 1 atom stereocenters. The molecule has 0 saturated heterocycles. The number of hydrogen-bond acceptors (Lipinski definition) is 3. The van der Waals surface area contributed by atoms with Gasteiger partial charge < -0.3 is 9.84 Å². The largest absolute Gasteiger partial charge is 0.491 e. The number of hydrogen-bond donors (Lipinski definition) is 1. The van der Waals surface area contributed by atoms with Crippen LogP contribution in [0.1, 0.15) is 11.1 Å². The lowest BCUT2D eigenvalue weighted by atomic mass is 10.00. The fourth-order valence-electron chi connectivity index (χ4n) is 3.70. The van der Waals surface area contributed by atoms with Crippen molar-refractivity contribution in [2.75, 3.05) is 19.7 Å². The molecule has 1 aliphatic heterocycles. The van der Waals surface area contributed by atoms with Gasteiger partial charge in [0, 0.05) is 25.2 Å². The fraction of sp³-hybridized carbons (Fsp3) is 0.250. The Morgan fingerprint density at radius 1 is 0.964 bits per heavy atom. The van der Waals surface area contributed by atoms with Gasteiger partial charge in [-0.3, -0.25) is 4.90 Å². The molecule has 4 rings (SSSR count). The van der Waals surface area contributed by atoms with Crippen molar-refractivity contribution in [3.05, 3.63) is 89.7 Å². The number of aliphatic hydroxyl groups is 1. The summed E-state index contributed by atoms with van der Waals surface area (Å²) in [4.78, 5) is 2.26. The first-order valence-corrected chi connectivity index (χ1v) is 9.64. The molecule has 1 unspecified atom stereocenters. The molecule has 0 fully saturated rings. The minimum Gasteiger partial charge on any atom is -0.491 e. The van der Waals surface area contributed by atoms with Crippen LogP contribution in [0.2, 0.25) is 0 Å². The lowest BCUT2D eigenvalue weighted by Crippen LogP contribution is -2.38. The van der Waals surface area contributed by atoms with Crippen molar-refractivity contribution in [3.8, 4) is 16.9 Å². The highest BCUT2D eigenvalue weighted by Crippen LogP contribution is 2.26. The maximum atomic E-state index is 14.0. The van der Waals surface area contributed by atoms with Crippen LogP contribution in [0.25, 0.3) is 11.1 Å². The molecular weight excluding hydrogens is 353 g/mol. The van der Waals surface area contributed by atoms with Crippen LogP contribution in [-0.2, 0) is 13.0 Å². The second kappa shape index (κ2) is 8.55. The molecule has 3 nitrogen and oxygen atoms in total. The standard InChI is InChI=1S/C24H24FNO2/c25-24-11-4-3-10-23(24)19-8-5-9-22(14-19)28-17-21(27)16-26-13-12-18-6-1-2-7-20(18)15-26/h1-11,14,21,27H,12-13,15-17H2. The van der Waals surface area contributed by atoms with E-state index in [9.17, 15) is 9.50 Å². The summed E-state index contributed by atoms with van der Waals surface area (Å²) in [5, 5.41) is 10.4. The Balaban J connectivity index is 1.34. The average Bonchev–Trinajstić information content (AvgIpc) is 2.73. The van der Waals surface area contributed by atoms with E-state index in [-0.39, 0.29) is 12.4 Å². The van der Waals surface area contributed by atoms with E-state index in [1.54, 1.807) is 12.1 Å². The molecule has 0 amide bonds. The number of nitrogens with zero attached hydrogens (tertiary/aromatic N) is 1. The van der Waals surface area contributed by atoms with Gasteiger partial charge in [0.25, 0.3) is 0 Å². The maximum Gasteiger partial charge on any atom is 0.131 e. The first-order chi connectivity index (χ1) is 13.7. The third-order valence-electron chi connectivity index (χ3n) is 5.14. The zero-order valence-electron chi connectivity index (χ0n) is 15.7. The van der Waals surface area contributed by atoms with Crippen molar-refractivity contribution in [2.24, 2.45) is 0 Å². The number of benzene rings is 3. The molecule has 0 aliphatic carbocycles. The molecule has 3 aromatic rings. The molecule has 144 valence electrons. The van der Waals surface area contributed by atoms with Crippen molar-refractivity contribution < 1.29 is 14.2 Å². The molecule has 0 saturated carbocycles. The maximum absolute atomic E-state index is 14.0. The van der Waals surface area contributed by atoms with Gasteiger partial charge >= 0.3 is 0 Å². The van der Waals surface area contributed by atoms with Crippen LogP contribution in [0.3, 0.4) is 0 Å². The topological polar surface area (TPSA) is 32.7 Å². The van der Waals surface area contributed by atoms with E-state index in [1.165, 1.54) is 17.2 Å². The number of rotatable bonds is 6. The molecule has 0 radical (unpaired) electrons. The zero-order valence-corrected chi connectivity index (χ0v) is 15.7. The Morgan fingerprint density at radius 2 is 1.75 bits per heavy atom. The van der Waals surface area contributed by atoms with Gasteiger partial charge in [0.1, 0.15) is 24.3 Å². The fourth-order valence-corrected chi connectivity index (χ4v) is 3.70. The SMILES string of the molecule is OC(COc1cccc(-c2ccccc2F)c1)CN1CCc2ccccc2C1. The van der Waals surface area contributed by atoms with Gasteiger partial charge in [-0.05, 0) is 41.3 Å². The van der Waals surface area contributed by atoms with E-state index in [0.29, 0.717) is 17.9 Å². The molecule has 0 bridgehead atoms. The van der Waals surface area contributed by atoms with Crippen LogP contribution < -0.4 is 4.74 Å². The van der Waals surface area contributed by atoms with Gasteiger partial charge in [-0.15, -0.1) is 0 Å². The van der Waals surface area contributed by atoms with Gasteiger partial charge in [0.15, 0.2) is 0 Å². The average molecular weight is 377 g/mol. The highest BCUT2D eigenvalue weighted by molar-refractivity contribution is 5.65. The van der Waals surface area contributed by atoms with E-state index in [0.717, 1.165) is 25.1 Å². The molecule has 1 heterocycles. The van der Waals surface area contributed by atoms with Crippen LogP contribution in [0.5, 0.6) is 5.75 Å². The molecular formula is C24H24FNO2. The normalized spacial score (nSPS) is 15.1. The Bertz CT molecular complexity index is 943. The number of fused-ring (bicyclic) bond motifs is 1. The van der Waals surface area contributed by atoms with Gasteiger partial charge in [0.2, 0.25) is 0 Å². The summed E-state index contributed by atoms with van der Waals surface area (Å²) in [7, 11) is 0. The Labute approximate surface area is 165 Å². The van der Waals surface area contributed by atoms with E-state index < -0.39 is 6.10 Å². The van der Waals surface area contributed by atoms with Gasteiger partial charge in [-0.25, -0.2) is 4.39 Å². The summed E-state index contributed by atoms with van der Waals surface area (Å²) in [5.74, 6) is 0.369. The molecule has 0 aromatic heterocycles. The zero-order chi connectivity index (χ0) is 19.3. The first-order valence-electron chi connectivity index (χ1n) is 9.64. The van der Waals surface area contributed by atoms with Gasteiger partial charge in [-0.2, -0.15) is 0 Å². The number of aliphatic hydroxyl groups excluding tert-OH is 1. The first kappa shape index (κ1) is 18.7. The Kier molecular flexibility index (Phi) is 5.70. The van der Waals surface area contributed by atoms with E-state index >= 15 is 0 Å². The van der Waals surface area contributed by atoms with Crippen molar-refractivity contribution >= 4 is 0 Å². The van der Waals surface area contributed by atoms with Crippen molar-refractivity contribution in [2.45, 2.75) is 19.1 Å². The quantitative estimate of drug-likeness (QED) is 0.696. The van der Waals surface area contributed by atoms with Crippen LogP contribution >= 0.6 is 0 Å². The third kappa shape index (κ3) is 4.41. The minimum atomic E-state index is -0.581. The van der Waals surface area contributed by atoms with E-state index in [2.05, 4.69) is 29.2 Å². The van der Waals surface area contributed by atoms with Crippen LogP contribution in [-0.4, -0.2) is 35.8 Å². The number of halogens is 1. The van der Waals surface area contributed by atoms with Gasteiger partial charge in [-0.1, -0.05) is 54.6 Å². The Hall–Kier alpha value is -2.69. The Morgan fingerprint density at radius 3 is 2.61 bits per heavy atom. The third-order valence-corrected chi connectivity index (χ3v) is 5.14. The highest BCUT2D eigenvalue weighted by atomic mass is 19.1. The second-order valence-electron chi connectivity index (χ2n) is 7.23. The van der Waals surface area contributed by atoms with Crippen LogP contribution in [0, 0.1) is 5.82 Å². The molecule has 28 heavy (non-hydrogen) atoms. The molecule has 1 aliphatic rings. The van der Waals surface area contributed by atoms with E-state index in [4.69, 9.17) is 4.74 Å². The van der Waals surface area contributed by atoms with Crippen molar-refractivity contribution in [1.29, 1.82) is 0 Å². The van der Waals surface area contributed by atoms with Crippen molar-refractivity contribution in [3.63, 3.8) is 0 Å². The summed E-state index contributed by atoms with van der Waals surface area (Å²) < 4.78 is 19.8. The molecule has 1 N–H and O–H groups in total. The molecule has 0 spiro atoms. The second-order valence-corrected chi connectivity index (χ2v) is 7.23. The van der Waals surface area contributed by atoms with Gasteiger partial charge in [0.05, 0.1) is 0 Å². The lowest BCUT2D eigenvalue weighted by molar-refractivity contribution is 0.0638. The smallest absolute Gasteiger partial charge is 0.131 e. The summed E-state index contributed by atoms with van der Waals surface area (Å²) >= 11 is 0. The monoisotopic (exact) mass is 377 g/mol. The summed E-state index contributed by atoms with van der Waals surface area (Å²) in [6.45, 7) is 2.58. The van der Waals surface area contributed by atoms with E-state index in [1.807, 2.05) is 30.3 Å². The lowest BCUT2D eigenvalue weighted by Gasteiger charge is -2.30. The molecule has 3 aromatic carbocycles. The highest BCUT2D eigenvalue weighted by Gasteiger charge is 2.18. The van der Waals surface area contributed by atoms with Crippen molar-refractivity contribution in [1.82, 2.24) is 4.90 Å². The summed E-state index contributed by atoms with van der Waals surface area (Å²) in [5.41, 5.74) is 4.03. The predicted octanol–water partition coefficient (Wildman–Crippen LogP) is 4.29. The minimum absolute atomic E-state index is 0.207. The van der Waals surface area contributed by atoms with Crippen LogP contribution in [0.4, 0.5) is 4.39 Å². The number of β-amino-alcohol motifs (C(OH)–C–C–N with tert-alkyl or cyclic N) is 1. The predicted molar refractivity (Wildman–Crippen MR) is 109 cm³/mol.